The van der Waals surface area contributed by atoms with Crippen molar-refractivity contribution in [2.45, 2.75) is 13.2 Å². The quantitative estimate of drug-likeness (QED) is 0.698. The zero-order valence-corrected chi connectivity index (χ0v) is 7.57. The molecule has 1 unspecified atom stereocenters. The van der Waals surface area contributed by atoms with Gasteiger partial charge in [-0.2, -0.15) is 0 Å². The zero-order valence-electron chi connectivity index (χ0n) is 7.57. The molecule has 1 aliphatic heterocycles. The van der Waals surface area contributed by atoms with Crippen LogP contribution in [0, 0.1) is 6.08 Å². The van der Waals surface area contributed by atoms with Crippen molar-refractivity contribution >= 4 is 5.69 Å². The van der Waals surface area contributed by atoms with Crippen molar-refractivity contribution in [3.63, 3.8) is 0 Å². The molecule has 1 heterocycles. The molecule has 2 heteroatoms. The summed E-state index contributed by atoms with van der Waals surface area (Å²) in [5, 5.41) is 9.50. The van der Waals surface area contributed by atoms with Gasteiger partial charge < -0.3 is 10.0 Å². The Hall–Kier alpha value is -1.28. The van der Waals surface area contributed by atoms with Crippen molar-refractivity contribution in [3.8, 4) is 0 Å². The largest absolute Gasteiger partial charge is 0.374 e. The van der Waals surface area contributed by atoms with Gasteiger partial charge in [0.05, 0.1) is 0 Å². The van der Waals surface area contributed by atoms with Gasteiger partial charge in [0, 0.05) is 17.8 Å². The van der Waals surface area contributed by atoms with E-state index in [0.717, 1.165) is 17.8 Å². The molecular formula is C11H12NO. The van der Waals surface area contributed by atoms with Crippen molar-refractivity contribution in [3.05, 3.63) is 42.0 Å². The van der Waals surface area contributed by atoms with E-state index in [0.29, 0.717) is 0 Å². The van der Waals surface area contributed by atoms with Crippen LogP contribution in [-0.2, 0) is 0 Å². The molecule has 0 aromatic heterocycles. The zero-order chi connectivity index (χ0) is 9.26. The van der Waals surface area contributed by atoms with Crippen molar-refractivity contribution in [2.75, 3.05) is 11.4 Å². The summed E-state index contributed by atoms with van der Waals surface area (Å²) in [4.78, 5) is 1.94. The Morgan fingerprint density at radius 1 is 1.46 bits per heavy atom. The first-order valence-corrected chi connectivity index (χ1v) is 4.41. The lowest BCUT2D eigenvalue weighted by Gasteiger charge is -2.30. The van der Waals surface area contributed by atoms with Crippen molar-refractivity contribution in [1.29, 1.82) is 0 Å². The van der Waals surface area contributed by atoms with Gasteiger partial charge >= 0.3 is 0 Å². The molecule has 67 valence electrons. The normalized spacial score (nSPS) is 16.9. The van der Waals surface area contributed by atoms with Gasteiger partial charge in [0.15, 0.2) is 0 Å². The Morgan fingerprint density at radius 2 is 2.23 bits per heavy atom. The number of hydrogen-bond donors (Lipinski definition) is 1. The van der Waals surface area contributed by atoms with E-state index in [4.69, 9.17) is 0 Å². The van der Waals surface area contributed by atoms with Gasteiger partial charge in [0.25, 0.3) is 0 Å². The maximum atomic E-state index is 9.50. The second-order valence-corrected chi connectivity index (χ2v) is 3.15. The molecule has 0 spiro atoms. The summed E-state index contributed by atoms with van der Waals surface area (Å²) >= 11 is 0. The third kappa shape index (κ3) is 1.45. The molecule has 1 radical (unpaired) electrons. The third-order valence-electron chi connectivity index (χ3n) is 2.21. The SMILES string of the molecule is CC(O)N1CC=[C]c2ccccc21. The topological polar surface area (TPSA) is 23.5 Å². The summed E-state index contributed by atoms with van der Waals surface area (Å²) in [6.45, 7) is 2.50. The highest BCUT2D eigenvalue weighted by molar-refractivity contribution is 5.59. The second kappa shape index (κ2) is 3.23. The van der Waals surface area contributed by atoms with Gasteiger partial charge in [0.1, 0.15) is 6.23 Å². The van der Waals surface area contributed by atoms with Gasteiger partial charge in [0.2, 0.25) is 0 Å². The Morgan fingerprint density at radius 3 is 3.00 bits per heavy atom. The molecule has 13 heavy (non-hydrogen) atoms. The number of nitrogens with zero attached hydrogens (tertiary/aromatic N) is 1. The standard InChI is InChI=1S/C11H12NO/c1-9(13)12-8-4-6-10-5-2-3-7-11(10)12/h2-5,7,9,13H,8H2,1H3. The van der Waals surface area contributed by atoms with E-state index in [1.165, 1.54) is 0 Å². The monoisotopic (exact) mass is 174 g/mol. The van der Waals surface area contributed by atoms with E-state index in [9.17, 15) is 5.11 Å². The minimum atomic E-state index is -0.445. The molecule has 1 atom stereocenters. The first kappa shape index (κ1) is 8.32. The number of hydrogen-bond acceptors (Lipinski definition) is 2. The van der Waals surface area contributed by atoms with Gasteiger partial charge in [-0.25, -0.2) is 0 Å². The predicted octanol–water partition coefficient (Wildman–Crippen LogP) is 1.55. The average Bonchev–Trinajstić information content (AvgIpc) is 2.17. The lowest BCUT2D eigenvalue weighted by atomic mass is 10.1. The molecule has 0 saturated carbocycles. The molecule has 2 nitrogen and oxygen atoms in total. The molecule has 1 aromatic carbocycles. The second-order valence-electron chi connectivity index (χ2n) is 3.15. The number of fused-ring (bicyclic) bond motifs is 1. The molecule has 1 N–H and O–H groups in total. The number of anilines is 1. The number of para-hydroxylation sites is 1. The van der Waals surface area contributed by atoms with Crippen LogP contribution in [0.3, 0.4) is 0 Å². The Balaban J connectivity index is 2.43. The Labute approximate surface area is 78.1 Å². The van der Waals surface area contributed by atoms with E-state index >= 15 is 0 Å². The van der Waals surface area contributed by atoms with Crippen molar-refractivity contribution in [1.82, 2.24) is 0 Å². The molecule has 1 aliphatic rings. The van der Waals surface area contributed by atoms with E-state index in [1.807, 2.05) is 35.2 Å². The Bertz CT molecular complexity index is 331. The van der Waals surface area contributed by atoms with Crippen molar-refractivity contribution in [2.24, 2.45) is 0 Å². The molecule has 0 bridgehead atoms. The molecule has 0 fully saturated rings. The number of rotatable bonds is 1. The van der Waals surface area contributed by atoms with Crippen LogP contribution in [0.2, 0.25) is 0 Å². The van der Waals surface area contributed by atoms with Gasteiger partial charge in [-0.3, -0.25) is 0 Å². The lowest BCUT2D eigenvalue weighted by Crippen LogP contribution is -2.34. The fourth-order valence-corrected chi connectivity index (χ4v) is 1.55. The summed E-state index contributed by atoms with van der Waals surface area (Å²) in [7, 11) is 0. The first-order valence-electron chi connectivity index (χ1n) is 4.41. The van der Waals surface area contributed by atoms with E-state index in [1.54, 1.807) is 6.92 Å². The summed E-state index contributed by atoms with van der Waals surface area (Å²) < 4.78 is 0. The molecule has 0 saturated heterocycles. The van der Waals surface area contributed by atoms with Gasteiger partial charge in [-0.1, -0.05) is 24.3 Å². The maximum Gasteiger partial charge on any atom is 0.124 e. The highest BCUT2D eigenvalue weighted by Gasteiger charge is 2.15. The van der Waals surface area contributed by atoms with Crippen LogP contribution in [0.15, 0.2) is 30.3 Å². The highest BCUT2D eigenvalue weighted by atomic mass is 16.3. The molecule has 0 amide bonds. The molecule has 1 aromatic rings. The number of benzene rings is 1. The van der Waals surface area contributed by atoms with Gasteiger partial charge in [-0.05, 0) is 19.1 Å². The van der Waals surface area contributed by atoms with Crippen LogP contribution in [0.4, 0.5) is 5.69 Å². The van der Waals surface area contributed by atoms with Crippen LogP contribution in [0.5, 0.6) is 0 Å². The summed E-state index contributed by atoms with van der Waals surface area (Å²) in [5.41, 5.74) is 2.11. The lowest BCUT2D eigenvalue weighted by molar-refractivity contribution is 0.191. The predicted molar refractivity (Wildman–Crippen MR) is 52.4 cm³/mol. The van der Waals surface area contributed by atoms with E-state index < -0.39 is 6.23 Å². The van der Waals surface area contributed by atoms with E-state index in [2.05, 4.69) is 6.08 Å². The summed E-state index contributed by atoms with van der Waals surface area (Å²) in [6.07, 6.45) is 4.66. The van der Waals surface area contributed by atoms with Crippen LogP contribution in [0.1, 0.15) is 12.5 Å². The highest BCUT2D eigenvalue weighted by Crippen LogP contribution is 2.24. The van der Waals surface area contributed by atoms with Crippen LogP contribution in [-0.4, -0.2) is 17.9 Å². The molecule has 2 rings (SSSR count). The fourth-order valence-electron chi connectivity index (χ4n) is 1.55. The van der Waals surface area contributed by atoms with E-state index in [-0.39, 0.29) is 0 Å². The molecular weight excluding hydrogens is 162 g/mol. The smallest absolute Gasteiger partial charge is 0.124 e. The minimum absolute atomic E-state index is 0.445. The fraction of sp³-hybridized carbons (Fsp3) is 0.273. The molecule has 0 aliphatic carbocycles. The number of aliphatic hydroxyl groups is 1. The first-order chi connectivity index (χ1) is 6.29. The van der Waals surface area contributed by atoms with Gasteiger partial charge in [-0.15, -0.1) is 0 Å². The van der Waals surface area contributed by atoms with Crippen LogP contribution < -0.4 is 4.90 Å². The van der Waals surface area contributed by atoms with Crippen LogP contribution >= 0.6 is 0 Å². The van der Waals surface area contributed by atoms with Crippen LogP contribution in [0.25, 0.3) is 0 Å². The van der Waals surface area contributed by atoms with Crippen molar-refractivity contribution < 1.29 is 5.11 Å². The summed E-state index contributed by atoms with van der Waals surface area (Å²) in [6, 6.07) is 7.95. The third-order valence-corrected chi connectivity index (χ3v) is 2.21. The minimum Gasteiger partial charge on any atom is -0.374 e. The number of aliphatic hydroxyl groups excluding tert-OH is 1. The average molecular weight is 174 g/mol. The maximum absolute atomic E-state index is 9.50. The summed E-state index contributed by atoms with van der Waals surface area (Å²) in [5.74, 6) is 0. The Kier molecular flexibility index (Phi) is 2.07.